The maximum atomic E-state index is 14.2. The molecule has 0 N–H and O–H groups in total. The fourth-order valence-electron chi connectivity index (χ4n) is 7.47. The molecular weight excluding hydrogens is 576 g/mol. The third kappa shape index (κ3) is 3.67. The summed E-state index contributed by atoms with van der Waals surface area (Å²) < 4.78 is 11.3. The minimum absolute atomic E-state index is 0.00858. The SMILES string of the molecule is O=C(c1ccccc1)c1cc(-n2c3ccccc3c3ccccc32)c2c(c1)c1ccccc1n2-c1cccc2c1oc1ccccc12. The number of para-hydroxylation sites is 5. The monoisotopic (exact) mass is 602 g/mol. The lowest BCUT2D eigenvalue weighted by atomic mass is 10.00. The van der Waals surface area contributed by atoms with Crippen LogP contribution in [0, 0.1) is 0 Å². The molecule has 0 fully saturated rings. The van der Waals surface area contributed by atoms with Crippen molar-refractivity contribution in [1.82, 2.24) is 9.13 Å². The molecule has 0 amide bonds. The lowest BCUT2D eigenvalue weighted by Gasteiger charge is -2.16. The summed E-state index contributed by atoms with van der Waals surface area (Å²) in [6.45, 7) is 0. The highest BCUT2D eigenvalue weighted by Crippen LogP contribution is 2.42. The minimum atomic E-state index is -0.00858. The number of hydrogen-bond acceptors (Lipinski definition) is 2. The third-order valence-electron chi connectivity index (χ3n) is 9.49. The Hall–Kier alpha value is -6.39. The van der Waals surface area contributed by atoms with Gasteiger partial charge in [0.1, 0.15) is 5.58 Å². The van der Waals surface area contributed by atoms with Crippen molar-refractivity contribution < 1.29 is 9.21 Å². The van der Waals surface area contributed by atoms with E-state index >= 15 is 0 Å². The highest BCUT2D eigenvalue weighted by atomic mass is 16.3. The first-order valence-corrected chi connectivity index (χ1v) is 15.8. The Morgan fingerprint density at radius 3 is 1.68 bits per heavy atom. The molecule has 47 heavy (non-hydrogen) atoms. The first kappa shape index (κ1) is 25.9. The number of nitrogens with zero attached hydrogens (tertiary/aromatic N) is 2. The van der Waals surface area contributed by atoms with Gasteiger partial charge in [-0.1, -0.05) is 115 Å². The number of hydrogen-bond donors (Lipinski definition) is 0. The Balaban J connectivity index is 1.42. The number of fused-ring (bicyclic) bond motifs is 9. The van der Waals surface area contributed by atoms with E-state index in [0.29, 0.717) is 11.1 Å². The van der Waals surface area contributed by atoms with E-state index < -0.39 is 0 Å². The van der Waals surface area contributed by atoms with E-state index in [1.807, 2.05) is 42.5 Å². The van der Waals surface area contributed by atoms with E-state index in [4.69, 9.17) is 4.42 Å². The lowest BCUT2D eigenvalue weighted by Crippen LogP contribution is -2.06. The van der Waals surface area contributed by atoms with Crippen LogP contribution in [-0.4, -0.2) is 14.9 Å². The number of furan rings is 1. The molecule has 0 atom stereocenters. The van der Waals surface area contributed by atoms with Crippen LogP contribution in [0.1, 0.15) is 15.9 Å². The van der Waals surface area contributed by atoms with Crippen molar-refractivity contribution in [3.63, 3.8) is 0 Å². The van der Waals surface area contributed by atoms with Gasteiger partial charge in [-0.05, 0) is 42.5 Å². The molecule has 4 nitrogen and oxygen atoms in total. The topological polar surface area (TPSA) is 40.1 Å². The molecule has 10 rings (SSSR count). The van der Waals surface area contributed by atoms with Gasteiger partial charge < -0.3 is 13.6 Å². The number of aromatic nitrogens is 2. The average Bonchev–Trinajstić information content (AvgIpc) is 3.79. The van der Waals surface area contributed by atoms with E-state index in [-0.39, 0.29) is 5.78 Å². The van der Waals surface area contributed by atoms with Crippen molar-refractivity contribution in [2.45, 2.75) is 0 Å². The van der Waals surface area contributed by atoms with E-state index in [9.17, 15) is 4.79 Å². The number of carbonyl (C=O) groups excluding carboxylic acids is 1. The van der Waals surface area contributed by atoms with Gasteiger partial charge in [-0.3, -0.25) is 4.79 Å². The Morgan fingerprint density at radius 2 is 0.979 bits per heavy atom. The standard InChI is InChI=1S/C43H26N2O2/c46-42(27-13-2-1-3-14-27)28-25-34-31-17-6-10-22-37(31)45(38-23-12-19-33-32-18-7-11-24-40(32)47-43(33)38)41(34)39(26-28)44-35-20-8-4-15-29(35)30-16-5-9-21-36(30)44/h1-26H. The maximum Gasteiger partial charge on any atom is 0.193 e. The zero-order valence-electron chi connectivity index (χ0n) is 25.2. The predicted octanol–water partition coefficient (Wildman–Crippen LogP) is 11.0. The largest absolute Gasteiger partial charge is 0.454 e. The van der Waals surface area contributed by atoms with E-state index in [1.165, 1.54) is 0 Å². The molecule has 0 saturated heterocycles. The Labute approximate surface area is 269 Å². The molecule has 0 unspecified atom stereocenters. The van der Waals surface area contributed by atoms with Crippen LogP contribution in [0.2, 0.25) is 0 Å². The van der Waals surface area contributed by atoms with Crippen molar-refractivity contribution in [2.24, 2.45) is 0 Å². The Kier molecular flexibility index (Phi) is 5.40. The van der Waals surface area contributed by atoms with Gasteiger partial charge in [0.2, 0.25) is 0 Å². The van der Waals surface area contributed by atoms with Gasteiger partial charge in [0.25, 0.3) is 0 Å². The van der Waals surface area contributed by atoms with E-state index in [0.717, 1.165) is 76.9 Å². The van der Waals surface area contributed by atoms with Crippen LogP contribution in [0.5, 0.6) is 0 Å². The average molecular weight is 603 g/mol. The summed E-state index contributed by atoms with van der Waals surface area (Å²) in [5.74, 6) is -0.00858. The first-order chi connectivity index (χ1) is 23.3. The van der Waals surface area contributed by atoms with Gasteiger partial charge in [0.15, 0.2) is 11.4 Å². The van der Waals surface area contributed by atoms with Gasteiger partial charge in [-0.15, -0.1) is 0 Å². The van der Waals surface area contributed by atoms with Crippen LogP contribution in [0.3, 0.4) is 0 Å². The second kappa shape index (κ2) is 9.80. The third-order valence-corrected chi connectivity index (χ3v) is 9.49. The van der Waals surface area contributed by atoms with Gasteiger partial charge in [-0.25, -0.2) is 0 Å². The minimum Gasteiger partial charge on any atom is -0.454 e. The molecule has 0 bridgehead atoms. The molecule has 3 aromatic heterocycles. The molecule has 4 heteroatoms. The Bertz CT molecular complexity index is 2820. The van der Waals surface area contributed by atoms with Crippen LogP contribution >= 0.6 is 0 Å². The summed E-state index contributed by atoms with van der Waals surface area (Å²) in [5.41, 5.74) is 9.09. The van der Waals surface area contributed by atoms with Crippen molar-refractivity contribution >= 4 is 71.3 Å². The second-order valence-corrected chi connectivity index (χ2v) is 12.1. The fraction of sp³-hybridized carbons (Fsp3) is 0. The zero-order valence-corrected chi connectivity index (χ0v) is 25.2. The van der Waals surface area contributed by atoms with Gasteiger partial charge in [0, 0.05) is 43.4 Å². The molecule has 3 heterocycles. The molecule has 0 radical (unpaired) electrons. The van der Waals surface area contributed by atoms with E-state index in [2.05, 4.69) is 124 Å². The van der Waals surface area contributed by atoms with Crippen molar-refractivity contribution in [2.75, 3.05) is 0 Å². The molecule has 0 aliphatic carbocycles. The number of benzene rings is 7. The second-order valence-electron chi connectivity index (χ2n) is 12.1. The molecular formula is C43H26N2O2. The van der Waals surface area contributed by atoms with Gasteiger partial charge >= 0.3 is 0 Å². The van der Waals surface area contributed by atoms with Gasteiger partial charge in [-0.2, -0.15) is 0 Å². The molecule has 0 saturated carbocycles. The normalized spacial score (nSPS) is 11.9. The van der Waals surface area contributed by atoms with Crippen molar-refractivity contribution in [1.29, 1.82) is 0 Å². The number of ketones is 1. The molecule has 220 valence electrons. The Morgan fingerprint density at radius 1 is 0.426 bits per heavy atom. The summed E-state index contributed by atoms with van der Waals surface area (Å²) in [6, 6.07) is 53.7. The van der Waals surface area contributed by atoms with Crippen LogP contribution < -0.4 is 0 Å². The summed E-state index contributed by atoms with van der Waals surface area (Å²) in [4.78, 5) is 14.2. The quantitative estimate of drug-likeness (QED) is 0.188. The predicted molar refractivity (Wildman–Crippen MR) is 192 cm³/mol. The maximum absolute atomic E-state index is 14.2. The van der Waals surface area contributed by atoms with Crippen molar-refractivity contribution in [3.05, 3.63) is 169 Å². The van der Waals surface area contributed by atoms with E-state index in [1.54, 1.807) is 0 Å². The van der Waals surface area contributed by atoms with Crippen molar-refractivity contribution in [3.8, 4) is 11.4 Å². The molecule has 0 aliphatic heterocycles. The molecule has 0 aliphatic rings. The molecule has 7 aromatic carbocycles. The van der Waals surface area contributed by atoms with Gasteiger partial charge in [0.05, 0.1) is 33.4 Å². The van der Waals surface area contributed by atoms with Crippen LogP contribution in [0.15, 0.2) is 162 Å². The smallest absolute Gasteiger partial charge is 0.193 e. The zero-order chi connectivity index (χ0) is 31.1. The summed E-state index contributed by atoms with van der Waals surface area (Å²) in [5, 5.41) is 6.56. The van der Waals surface area contributed by atoms with Crippen LogP contribution in [-0.2, 0) is 0 Å². The molecule has 0 spiro atoms. The number of carbonyl (C=O) groups is 1. The van der Waals surface area contributed by atoms with Crippen LogP contribution in [0.25, 0.3) is 76.9 Å². The lowest BCUT2D eigenvalue weighted by molar-refractivity contribution is 0.103. The summed E-state index contributed by atoms with van der Waals surface area (Å²) in [7, 11) is 0. The fourth-order valence-corrected chi connectivity index (χ4v) is 7.47. The summed E-state index contributed by atoms with van der Waals surface area (Å²) >= 11 is 0. The first-order valence-electron chi connectivity index (χ1n) is 15.8. The molecule has 10 aromatic rings. The highest BCUT2D eigenvalue weighted by molar-refractivity contribution is 6.20. The highest BCUT2D eigenvalue weighted by Gasteiger charge is 2.24. The number of rotatable bonds is 4. The van der Waals surface area contributed by atoms with Crippen LogP contribution in [0.4, 0.5) is 0 Å². The summed E-state index contributed by atoms with van der Waals surface area (Å²) in [6.07, 6.45) is 0.